The van der Waals surface area contributed by atoms with Crippen LogP contribution in [0.5, 0.6) is 0 Å². The molecule has 1 unspecified atom stereocenters. The molecule has 0 aromatic carbocycles. The van der Waals surface area contributed by atoms with Crippen molar-refractivity contribution in [2.75, 3.05) is 19.7 Å². The number of likely N-dealkylation sites (tertiary alicyclic amines) is 1. The summed E-state index contributed by atoms with van der Waals surface area (Å²) in [5.74, 6) is 0.215. The number of Topliss-reactive ketones (excluding diaryl/α,β-unsaturated/α-hetero) is 1. The van der Waals surface area contributed by atoms with Gasteiger partial charge in [0.1, 0.15) is 6.04 Å². The average molecular weight is 419 g/mol. The van der Waals surface area contributed by atoms with E-state index in [0.29, 0.717) is 18.9 Å². The van der Waals surface area contributed by atoms with E-state index in [9.17, 15) is 14.7 Å². The summed E-state index contributed by atoms with van der Waals surface area (Å²) in [5.41, 5.74) is -0.509. The Hall–Kier alpha value is -1.80. The minimum Gasteiger partial charge on any atom is -0.418 e. The van der Waals surface area contributed by atoms with Crippen LogP contribution < -0.4 is 5.32 Å². The molecule has 1 saturated heterocycles. The van der Waals surface area contributed by atoms with Gasteiger partial charge < -0.3 is 19.7 Å². The number of nitrogens with one attached hydrogen (secondary N) is 1. The molecule has 30 heavy (non-hydrogen) atoms. The third-order valence-electron chi connectivity index (χ3n) is 7.46. The zero-order valence-corrected chi connectivity index (χ0v) is 18.0. The second-order valence-electron chi connectivity index (χ2n) is 9.64. The minimum absolute atomic E-state index is 0.0251. The summed E-state index contributed by atoms with van der Waals surface area (Å²) in [7, 11) is 0. The van der Waals surface area contributed by atoms with E-state index in [-0.39, 0.29) is 41.7 Å². The topological polar surface area (TPSA) is 109 Å². The van der Waals surface area contributed by atoms with Crippen LogP contribution in [-0.2, 0) is 10.2 Å². The average Bonchev–Trinajstić information content (AvgIpc) is 3.53. The van der Waals surface area contributed by atoms with E-state index in [1.165, 1.54) is 6.42 Å². The lowest BCUT2D eigenvalue weighted by molar-refractivity contribution is -0.130. The summed E-state index contributed by atoms with van der Waals surface area (Å²) in [4.78, 5) is 27.6. The smallest absolute Gasteiger partial charge is 0.286 e. The molecule has 8 nitrogen and oxygen atoms in total. The van der Waals surface area contributed by atoms with Crippen LogP contribution >= 0.6 is 0 Å². The lowest BCUT2D eigenvalue weighted by atomic mass is 9.76. The predicted molar refractivity (Wildman–Crippen MR) is 110 cm³/mol. The fraction of sp³-hybridized carbons (Fsp3) is 0.818. The van der Waals surface area contributed by atoms with Crippen molar-refractivity contribution in [3.63, 3.8) is 0 Å². The number of hydrogen-bond acceptors (Lipinski definition) is 7. The van der Waals surface area contributed by atoms with Crippen LogP contribution in [-0.4, -0.2) is 63.2 Å². The van der Waals surface area contributed by atoms with Gasteiger partial charge in [-0.15, -0.1) is 10.2 Å². The Labute approximate surface area is 177 Å². The van der Waals surface area contributed by atoms with Gasteiger partial charge in [-0.25, -0.2) is 0 Å². The molecule has 0 spiro atoms. The number of hydrogen-bond donors (Lipinski definition) is 2. The van der Waals surface area contributed by atoms with Gasteiger partial charge in [0.15, 0.2) is 0 Å². The molecule has 1 aliphatic heterocycles. The van der Waals surface area contributed by atoms with Crippen molar-refractivity contribution < 1.29 is 19.1 Å². The third-order valence-corrected chi connectivity index (χ3v) is 7.46. The maximum Gasteiger partial charge on any atom is 0.286 e. The number of aromatic nitrogens is 2. The summed E-state index contributed by atoms with van der Waals surface area (Å²) < 4.78 is 5.84. The standard InChI is InChI=1S/C22H34N4O4/c1-21(9-3-2-4-10-21)20-25-24-19(30-20)18(29)16-8-7-13-26(16)17(28)14-23-22(15-27)11-5-6-12-22/h16,23,27H,2-15H2,1H3. The molecule has 3 aliphatic rings. The highest BCUT2D eigenvalue weighted by atomic mass is 16.4. The predicted octanol–water partition coefficient (Wildman–Crippen LogP) is 2.36. The SMILES string of the molecule is CC1(c2nnc(C(=O)C3CCCN3C(=O)CNC3(CO)CCCC3)o2)CCCCC1. The van der Waals surface area contributed by atoms with Crippen LogP contribution in [0.1, 0.15) is 94.1 Å². The van der Waals surface area contributed by atoms with Gasteiger partial charge in [-0.2, -0.15) is 0 Å². The van der Waals surface area contributed by atoms with Crippen LogP contribution in [0.4, 0.5) is 0 Å². The number of carbonyl (C=O) groups is 2. The lowest BCUT2D eigenvalue weighted by Gasteiger charge is -2.30. The molecule has 2 aliphatic carbocycles. The van der Waals surface area contributed by atoms with Crippen LogP contribution in [0.2, 0.25) is 0 Å². The first kappa shape index (κ1) is 21.4. The zero-order chi connectivity index (χ0) is 21.2. The number of ketones is 1. The molecule has 0 bridgehead atoms. The molecule has 2 saturated carbocycles. The zero-order valence-electron chi connectivity index (χ0n) is 18.0. The van der Waals surface area contributed by atoms with E-state index >= 15 is 0 Å². The van der Waals surface area contributed by atoms with E-state index < -0.39 is 6.04 Å². The van der Waals surface area contributed by atoms with Crippen LogP contribution in [0, 0.1) is 0 Å². The summed E-state index contributed by atoms with van der Waals surface area (Å²) in [6.45, 7) is 2.86. The summed E-state index contributed by atoms with van der Waals surface area (Å²) >= 11 is 0. The Morgan fingerprint density at radius 1 is 1.10 bits per heavy atom. The quantitative estimate of drug-likeness (QED) is 0.654. The second-order valence-corrected chi connectivity index (χ2v) is 9.64. The van der Waals surface area contributed by atoms with Crippen molar-refractivity contribution >= 4 is 11.7 Å². The Bertz CT molecular complexity index is 765. The fourth-order valence-corrected chi connectivity index (χ4v) is 5.40. The first-order chi connectivity index (χ1) is 14.5. The number of nitrogens with zero attached hydrogens (tertiary/aromatic N) is 3. The van der Waals surface area contributed by atoms with Crippen molar-refractivity contribution in [3.05, 3.63) is 11.8 Å². The first-order valence-electron chi connectivity index (χ1n) is 11.5. The Kier molecular flexibility index (Phi) is 6.25. The van der Waals surface area contributed by atoms with Crippen molar-refractivity contribution in [2.45, 2.75) is 94.5 Å². The molecule has 2 heterocycles. The van der Waals surface area contributed by atoms with Gasteiger partial charge in [0.25, 0.3) is 5.89 Å². The van der Waals surface area contributed by atoms with Gasteiger partial charge >= 0.3 is 0 Å². The number of amides is 1. The molecule has 3 fully saturated rings. The van der Waals surface area contributed by atoms with Gasteiger partial charge in [0.05, 0.1) is 13.2 Å². The minimum atomic E-state index is -0.541. The van der Waals surface area contributed by atoms with Crippen LogP contribution in [0.15, 0.2) is 4.42 Å². The molecular formula is C22H34N4O4. The van der Waals surface area contributed by atoms with E-state index in [2.05, 4.69) is 22.4 Å². The third kappa shape index (κ3) is 4.17. The van der Waals surface area contributed by atoms with Crippen molar-refractivity contribution in [3.8, 4) is 0 Å². The van der Waals surface area contributed by atoms with E-state index in [1.54, 1.807) is 4.90 Å². The molecule has 1 aromatic rings. The van der Waals surface area contributed by atoms with E-state index in [1.807, 2.05) is 0 Å². The lowest BCUT2D eigenvalue weighted by Crippen LogP contribution is -2.52. The van der Waals surface area contributed by atoms with Gasteiger partial charge in [-0.05, 0) is 38.5 Å². The molecule has 1 atom stereocenters. The molecular weight excluding hydrogens is 384 g/mol. The molecule has 4 rings (SSSR count). The van der Waals surface area contributed by atoms with Gasteiger partial charge in [0, 0.05) is 17.5 Å². The maximum atomic E-state index is 13.1. The Balaban J connectivity index is 1.40. The monoisotopic (exact) mass is 418 g/mol. The Morgan fingerprint density at radius 2 is 1.80 bits per heavy atom. The fourth-order valence-electron chi connectivity index (χ4n) is 5.40. The summed E-state index contributed by atoms with van der Waals surface area (Å²) in [5, 5.41) is 21.3. The van der Waals surface area contributed by atoms with Crippen molar-refractivity contribution in [2.24, 2.45) is 0 Å². The summed E-state index contributed by atoms with van der Waals surface area (Å²) in [6.07, 6.45) is 10.8. The maximum absolute atomic E-state index is 13.1. The highest BCUT2D eigenvalue weighted by molar-refractivity contribution is 5.98. The normalized spacial score (nSPS) is 25.5. The summed E-state index contributed by atoms with van der Waals surface area (Å²) in [6, 6.07) is -0.541. The first-order valence-corrected chi connectivity index (χ1v) is 11.5. The highest BCUT2D eigenvalue weighted by Crippen LogP contribution is 2.38. The Morgan fingerprint density at radius 3 is 2.50 bits per heavy atom. The molecule has 1 amide bonds. The van der Waals surface area contributed by atoms with E-state index in [4.69, 9.17) is 4.42 Å². The van der Waals surface area contributed by atoms with Crippen LogP contribution in [0.3, 0.4) is 0 Å². The van der Waals surface area contributed by atoms with Gasteiger partial charge in [-0.1, -0.05) is 39.0 Å². The molecule has 8 heteroatoms. The molecule has 166 valence electrons. The molecule has 1 aromatic heterocycles. The molecule has 0 radical (unpaired) electrons. The van der Waals surface area contributed by atoms with E-state index in [0.717, 1.165) is 57.8 Å². The number of aliphatic hydroxyl groups excluding tert-OH is 1. The largest absolute Gasteiger partial charge is 0.418 e. The number of aliphatic hydroxyl groups is 1. The van der Waals surface area contributed by atoms with Crippen LogP contribution in [0.25, 0.3) is 0 Å². The molecule has 2 N–H and O–H groups in total. The highest BCUT2D eigenvalue weighted by Gasteiger charge is 2.40. The van der Waals surface area contributed by atoms with Crippen molar-refractivity contribution in [1.29, 1.82) is 0 Å². The van der Waals surface area contributed by atoms with Gasteiger partial charge in [0.2, 0.25) is 17.6 Å². The van der Waals surface area contributed by atoms with Gasteiger partial charge in [-0.3, -0.25) is 9.59 Å². The second kappa shape index (κ2) is 8.75. The van der Waals surface area contributed by atoms with Crippen molar-refractivity contribution in [1.82, 2.24) is 20.4 Å². The number of carbonyl (C=O) groups excluding carboxylic acids is 2. The number of rotatable bonds is 7.